The molecule has 0 saturated heterocycles. The fourth-order valence-corrected chi connectivity index (χ4v) is 1.71. The largest absolute Gasteiger partial charge is 0.493 e. The Kier molecular flexibility index (Phi) is 5.40. The molecule has 0 fully saturated rings. The minimum absolute atomic E-state index is 0.441. The number of hydrogen-bond acceptors (Lipinski definition) is 5. The number of methoxy groups -OCH3 is 5. The van der Waals surface area contributed by atoms with E-state index in [-0.39, 0.29) is 0 Å². The second kappa shape index (κ2) is 6.58. The number of rotatable bonds is 7. The third kappa shape index (κ3) is 3.13. The number of ether oxygens (including phenoxy) is 5. The van der Waals surface area contributed by atoms with E-state index >= 15 is 0 Å². The Bertz CT molecular complexity index is 365. The highest BCUT2D eigenvalue weighted by atomic mass is 16.9. The molecule has 0 N–H and O–H groups in total. The summed E-state index contributed by atoms with van der Waals surface area (Å²) < 4.78 is 26.2. The van der Waals surface area contributed by atoms with Crippen LogP contribution in [0.25, 0.3) is 0 Å². The second-order valence-corrected chi connectivity index (χ2v) is 3.66. The molecule has 0 unspecified atom stereocenters. The lowest BCUT2D eigenvalue weighted by Crippen LogP contribution is -2.38. The Morgan fingerprint density at radius 2 is 1.39 bits per heavy atom. The lowest BCUT2D eigenvalue weighted by atomic mass is 10.1. The van der Waals surface area contributed by atoms with Crippen LogP contribution in [0, 0.1) is 0 Å². The summed E-state index contributed by atoms with van der Waals surface area (Å²) in [4.78, 5) is 0. The van der Waals surface area contributed by atoms with Gasteiger partial charge in [-0.1, -0.05) is 6.07 Å². The predicted octanol–water partition coefficient (Wildman–Crippen LogP) is 1.84. The quantitative estimate of drug-likeness (QED) is 0.697. The molecule has 0 atom stereocenters. The van der Waals surface area contributed by atoms with Crippen molar-refractivity contribution in [2.75, 3.05) is 35.5 Å². The highest BCUT2D eigenvalue weighted by Gasteiger charge is 2.30. The normalized spacial score (nSPS) is 11.4. The molecule has 0 spiro atoms. The molecule has 0 aliphatic heterocycles. The van der Waals surface area contributed by atoms with Crippen LogP contribution in [0.3, 0.4) is 0 Å². The third-order valence-corrected chi connectivity index (χ3v) is 2.80. The van der Waals surface area contributed by atoms with Crippen molar-refractivity contribution in [2.24, 2.45) is 0 Å². The zero-order valence-electron chi connectivity index (χ0n) is 11.5. The average Bonchev–Trinajstić information content (AvgIpc) is 2.44. The minimum Gasteiger partial charge on any atom is -0.493 e. The molecular formula is C13H20O5. The topological polar surface area (TPSA) is 46.2 Å². The van der Waals surface area contributed by atoms with Gasteiger partial charge in [0.1, 0.15) is 0 Å². The molecule has 1 rings (SSSR count). The van der Waals surface area contributed by atoms with Crippen molar-refractivity contribution in [1.29, 1.82) is 0 Å². The van der Waals surface area contributed by atoms with Crippen LogP contribution in [0.5, 0.6) is 11.5 Å². The van der Waals surface area contributed by atoms with Crippen molar-refractivity contribution in [3.8, 4) is 11.5 Å². The SMILES string of the molecule is COc1ccc(CC(OC)(OC)OC)cc1OC. The predicted molar refractivity (Wildman–Crippen MR) is 67.0 cm³/mol. The molecule has 102 valence electrons. The smallest absolute Gasteiger partial charge is 0.286 e. The zero-order chi connectivity index (χ0) is 13.6. The summed E-state index contributed by atoms with van der Waals surface area (Å²) in [5, 5.41) is 0. The molecule has 18 heavy (non-hydrogen) atoms. The Morgan fingerprint density at radius 1 is 0.833 bits per heavy atom. The fraction of sp³-hybridized carbons (Fsp3) is 0.538. The van der Waals surface area contributed by atoms with Crippen LogP contribution in [-0.4, -0.2) is 41.5 Å². The molecule has 0 heterocycles. The highest BCUT2D eigenvalue weighted by Crippen LogP contribution is 2.29. The van der Waals surface area contributed by atoms with Gasteiger partial charge >= 0.3 is 0 Å². The first kappa shape index (κ1) is 14.8. The monoisotopic (exact) mass is 256 g/mol. The summed E-state index contributed by atoms with van der Waals surface area (Å²) in [6.07, 6.45) is 0.441. The van der Waals surface area contributed by atoms with Crippen LogP contribution < -0.4 is 9.47 Å². The summed E-state index contributed by atoms with van der Waals surface area (Å²) in [5.74, 6) is 0.255. The lowest BCUT2D eigenvalue weighted by Gasteiger charge is -2.28. The van der Waals surface area contributed by atoms with Crippen LogP contribution in [-0.2, 0) is 20.6 Å². The van der Waals surface area contributed by atoms with Gasteiger partial charge in [-0.3, -0.25) is 0 Å². The maximum absolute atomic E-state index is 5.25. The maximum Gasteiger partial charge on any atom is 0.286 e. The van der Waals surface area contributed by atoms with Crippen LogP contribution >= 0.6 is 0 Å². The van der Waals surface area contributed by atoms with Gasteiger partial charge in [0.25, 0.3) is 5.97 Å². The number of benzene rings is 1. The maximum atomic E-state index is 5.25. The van der Waals surface area contributed by atoms with E-state index in [4.69, 9.17) is 23.7 Å². The first-order chi connectivity index (χ1) is 8.64. The van der Waals surface area contributed by atoms with E-state index in [0.717, 1.165) is 5.56 Å². The molecule has 5 nitrogen and oxygen atoms in total. The van der Waals surface area contributed by atoms with Gasteiger partial charge in [-0.05, 0) is 17.7 Å². The standard InChI is InChI=1S/C13H20O5/c1-14-11-7-6-10(8-12(11)15-2)9-13(16-3,17-4)18-5/h6-8H,9H2,1-5H3. The molecule has 0 aliphatic rings. The summed E-state index contributed by atoms with van der Waals surface area (Å²) >= 11 is 0. The van der Waals surface area contributed by atoms with E-state index in [2.05, 4.69) is 0 Å². The molecule has 0 saturated carbocycles. The fourth-order valence-electron chi connectivity index (χ4n) is 1.71. The van der Waals surface area contributed by atoms with Crippen molar-refractivity contribution in [3.05, 3.63) is 23.8 Å². The Labute approximate surface area is 108 Å². The summed E-state index contributed by atoms with van der Waals surface area (Å²) in [6, 6.07) is 5.61. The van der Waals surface area contributed by atoms with Crippen molar-refractivity contribution in [1.82, 2.24) is 0 Å². The second-order valence-electron chi connectivity index (χ2n) is 3.66. The number of hydrogen-bond donors (Lipinski definition) is 0. The third-order valence-electron chi connectivity index (χ3n) is 2.80. The summed E-state index contributed by atoms with van der Waals surface area (Å²) in [5.41, 5.74) is 0.957. The van der Waals surface area contributed by atoms with Gasteiger partial charge < -0.3 is 23.7 Å². The van der Waals surface area contributed by atoms with Gasteiger partial charge in [0.15, 0.2) is 11.5 Å². The molecule has 0 radical (unpaired) electrons. The summed E-state index contributed by atoms with van der Waals surface area (Å²) in [6.45, 7) is 0. The lowest BCUT2D eigenvalue weighted by molar-refractivity contribution is -0.350. The average molecular weight is 256 g/mol. The Balaban J connectivity index is 2.97. The van der Waals surface area contributed by atoms with Gasteiger partial charge in [0, 0.05) is 21.3 Å². The van der Waals surface area contributed by atoms with Crippen LogP contribution in [0.15, 0.2) is 18.2 Å². The Morgan fingerprint density at radius 3 is 1.83 bits per heavy atom. The van der Waals surface area contributed by atoms with Gasteiger partial charge in [0.05, 0.1) is 20.6 Å². The first-order valence-corrected chi connectivity index (χ1v) is 5.51. The van der Waals surface area contributed by atoms with Crippen molar-refractivity contribution in [3.63, 3.8) is 0 Å². The van der Waals surface area contributed by atoms with Crippen molar-refractivity contribution in [2.45, 2.75) is 12.4 Å². The molecule has 0 amide bonds. The Hall–Kier alpha value is -1.30. The molecule has 0 bridgehead atoms. The summed E-state index contributed by atoms with van der Waals surface area (Å²) in [7, 11) is 7.80. The molecule has 1 aromatic carbocycles. The molecule has 5 heteroatoms. The van der Waals surface area contributed by atoms with E-state index in [1.165, 1.54) is 21.3 Å². The van der Waals surface area contributed by atoms with E-state index in [9.17, 15) is 0 Å². The highest BCUT2D eigenvalue weighted by molar-refractivity contribution is 5.43. The van der Waals surface area contributed by atoms with Gasteiger partial charge in [0.2, 0.25) is 0 Å². The van der Waals surface area contributed by atoms with Crippen LogP contribution in [0.1, 0.15) is 5.56 Å². The minimum atomic E-state index is -1.08. The van der Waals surface area contributed by atoms with Crippen molar-refractivity contribution >= 4 is 0 Å². The van der Waals surface area contributed by atoms with Crippen LogP contribution in [0.4, 0.5) is 0 Å². The molecule has 0 aromatic heterocycles. The molecule has 0 aliphatic carbocycles. The van der Waals surface area contributed by atoms with Crippen molar-refractivity contribution < 1.29 is 23.7 Å². The molecular weight excluding hydrogens is 236 g/mol. The van der Waals surface area contributed by atoms with E-state index < -0.39 is 5.97 Å². The van der Waals surface area contributed by atoms with E-state index in [1.807, 2.05) is 18.2 Å². The van der Waals surface area contributed by atoms with Gasteiger partial charge in [-0.2, -0.15) is 0 Å². The molecule has 1 aromatic rings. The van der Waals surface area contributed by atoms with E-state index in [0.29, 0.717) is 17.9 Å². The first-order valence-electron chi connectivity index (χ1n) is 5.51. The van der Waals surface area contributed by atoms with Gasteiger partial charge in [-0.15, -0.1) is 0 Å². The van der Waals surface area contributed by atoms with Crippen LogP contribution in [0.2, 0.25) is 0 Å². The van der Waals surface area contributed by atoms with E-state index in [1.54, 1.807) is 14.2 Å². The van der Waals surface area contributed by atoms with Gasteiger partial charge in [-0.25, -0.2) is 0 Å². The zero-order valence-corrected chi connectivity index (χ0v) is 11.5.